The molecule has 0 aliphatic carbocycles. The monoisotopic (exact) mass is 529 g/mol. The van der Waals surface area contributed by atoms with Crippen molar-refractivity contribution in [3.8, 4) is 17.2 Å². The van der Waals surface area contributed by atoms with E-state index in [2.05, 4.69) is 5.32 Å². The molecule has 1 atom stereocenters. The zero-order valence-electron chi connectivity index (χ0n) is 19.0. The first-order valence-electron chi connectivity index (χ1n) is 10.5. The third-order valence-electron chi connectivity index (χ3n) is 5.15. The SMILES string of the molecule is COc1ccc(OC)c(-n2c(S[C@H](C)C(=O)Nc3cc(Cl)cc(Cl)c3)nc3ccccc3c2=O)c1. The van der Waals surface area contributed by atoms with Crippen LogP contribution in [-0.4, -0.2) is 34.9 Å². The second-order valence-electron chi connectivity index (χ2n) is 7.50. The maximum Gasteiger partial charge on any atom is 0.266 e. The van der Waals surface area contributed by atoms with E-state index in [0.29, 0.717) is 49.0 Å². The van der Waals surface area contributed by atoms with Gasteiger partial charge in [-0.15, -0.1) is 0 Å². The van der Waals surface area contributed by atoms with Crippen LogP contribution in [0.25, 0.3) is 16.6 Å². The summed E-state index contributed by atoms with van der Waals surface area (Å²) in [5.41, 5.74) is 1.15. The van der Waals surface area contributed by atoms with Crippen LogP contribution in [0, 0.1) is 0 Å². The predicted molar refractivity (Wildman–Crippen MR) is 141 cm³/mol. The summed E-state index contributed by atoms with van der Waals surface area (Å²) in [6.45, 7) is 1.72. The number of nitrogens with one attached hydrogen (secondary N) is 1. The Balaban J connectivity index is 1.78. The molecular weight excluding hydrogens is 509 g/mol. The van der Waals surface area contributed by atoms with Crippen molar-refractivity contribution >= 4 is 57.5 Å². The van der Waals surface area contributed by atoms with Crippen molar-refractivity contribution < 1.29 is 14.3 Å². The molecule has 0 aliphatic rings. The van der Waals surface area contributed by atoms with Crippen molar-refractivity contribution in [1.29, 1.82) is 0 Å². The van der Waals surface area contributed by atoms with Crippen molar-refractivity contribution in [2.75, 3.05) is 19.5 Å². The van der Waals surface area contributed by atoms with Crippen molar-refractivity contribution in [2.24, 2.45) is 0 Å². The number of aromatic nitrogens is 2. The van der Waals surface area contributed by atoms with Crippen LogP contribution >= 0.6 is 35.0 Å². The summed E-state index contributed by atoms with van der Waals surface area (Å²) >= 11 is 13.2. The smallest absolute Gasteiger partial charge is 0.266 e. The molecule has 1 heterocycles. The lowest BCUT2D eigenvalue weighted by molar-refractivity contribution is -0.115. The molecule has 0 radical (unpaired) electrons. The van der Waals surface area contributed by atoms with Gasteiger partial charge in [-0.3, -0.25) is 14.2 Å². The molecule has 0 fully saturated rings. The van der Waals surface area contributed by atoms with Crippen LogP contribution in [0.2, 0.25) is 10.0 Å². The average molecular weight is 530 g/mol. The molecule has 4 rings (SSSR count). The summed E-state index contributed by atoms with van der Waals surface area (Å²) < 4.78 is 12.3. The van der Waals surface area contributed by atoms with Crippen LogP contribution in [0.1, 0.15) is 6.92 Å². The third-order valence-corrected chi connectivity index (χ3v) is 6.64. The maximum absolute atomic E-state index is 13.6. The van der Waals surface area contributed by atoms with Crippen LogP contribution in [0.3, 0.4) is 0 Å². The Morgan fingerprint density at radius 1 is 1.03 bits per heavy atom. The lowest BCUT2D eigenvalue weighted by Gasteiger charge is -2.18. The Kier molecular flexibility index (Phi) is 7.54. The number of halogens is 2. The number of hydrogen-bond donors (Lipinski definition) is 1. The fourth-order valence-corrected chi connectivity index (χ4v) is 4.90. The molecule has 7 nitrogen and oxygen atoms in total. The van der Waals surface area contributed by atoms with E-state index in [4.69, 9.17) is 37.7 Å². The fraction of sp³-hybridized carbons (Fsp3) is 0.160. The molecule has 0 bridgehead atoms. The largest absolute Gasteiger partial charge is 0.497 e. The van der Waals surface area contributed by atoms with Gasteiger partial charge in [-0.2, -0.15) is 0 Å². The lowest BCUT2D eigenvalue weighted by Crippen LogP contribution is -2.26. The molecule has 0 saturated heterocycles. The molecule has 1 aromatic heterocycles. The Hall–Kier alpha value is -3.20. The first-order chi connectivity index (χ1) is 16.8. The van der Waals surface area contributed by atoms with E-state index in [-0.39, 0.29) is 11.5 Å². The maximum atomic E-state index is 13.6. The van der Waals surface area contributed by atoms with Crippen molar-refractivity contribution in [3.63, 3.8) is 0 Å². The van der Waals surface area contributed by atoms with Gasteiger partial charge >= 0.3 is 0 Å². The Labute approximate surface area is 216 Å². The summed E-state index contributed by atoms with van der Waals surface area (Å²) in [4.78, 5) is 31.3. The second-order valence-corrected chi connectivity index (χ2v) is 9.68. The van der Waals surface area contributed by atoms with Crippen LogP contribution in [0.4, 0.5) is 5.69 Å². The van der Waals surface area contributed by atoms with Crippen LogP contribution in [0.15, 0.2) is 70.6 Å². The summed E-state index contributed by atoms with van der Waals surface area (Å²) in [6.07, 6.45) is 0. The highest BCUT2D eigenvalue weighted by molar-refractivity contribution is 8.00. The van der Waals surface area contributed by atoms with E-state index in [1.807, 2.05) is 0 Å². The number of hydrogen-bond acceptors (Lipinski definition) is 6. The van der Waals surface area contributed by atoms with Crippen molar-refractivity contribution in [2.45, 2.75) is 17.3 Å². The Morgan fingerprint density at radius 3 is 2.43 bits per heavy atom. The number of fused-ring (bicyclic) bond motifs is 1. The molecular formula is C25H21Cl2N3O4S. The van der Waals surface area contributed by atoms with Crippen LogP contribution in [-0.2, 0) is 4.79 Å². The van der Waals surface area contributed by atoms with Gasteiger partial charge < -0.3 is 14.8 Å². The van der Waals surface area contributed by atoms with Crippen LogP contribution < -0.4 is 20.3 Å². The number of benzene rings is 3. The molecule has 0 unspecified atom stereocenters. The van der Waals surface area contributed by atoms with Gasteiger partial charge in [-0.1, -0.05) is 47.1 Å². The zero-order valence-corrected chi connectivity index (χ0v) is 21.4. The standard InChI is InChI=1S/C25H21Cl2N3O4S/c1-14(23(31)28-17-11-15(26)10-16(27)12-17)35-25-29-20-7-5-4-6-19(20)24(32)30(25)21-13-18(33-2)8-9-22(21)34-3/h4-14H,1-3H3,(H,28,31)/t14-/m1/s1. The minimum absolute atomic E-state index is 0.293. The Bertz CT molecular complexity index is 1460. The number of anilines is 1. The molecule has 10 heteroatoms. The van der Waals surface area contributed by atoms with E-state index in [1.165, 1.54) is 18.8 Å². The molecule has 1 amide bonds. The number of para-hydroxylation sites is 1. The highest BCUT2D eigenvalue weighted by Crippen LogP contribution is 2.32. The molecule has 3 aromatic carbocycles. The first-order valence-corrected chi connectivity index (χ1v) is 12.1. The van der Waals surface area contributed by atoms with E-state index < -0.39 is 5.25 Å². The number of ether oxygens (including phenoxy) is 2. The third kappa shape index (κ3) is 5.40. The van der Waals surface area contributed by atoms with Gasteiger partial charge in [0.15, 0.2) is 5.16 Å². The highest BCUT2D eigenvalue weighted by Gasteiger charge is 2.22. The summed E-state index contributed by atoms with van der Waals surface area (Å²) in [6, 6.07) is 17.0. The summed E-state index contributed by atoms with van der Waals surface area (Å²) in [5.74, 6) is 0.692. The summed E-state index contributed by atoms with van der Waals surface area (Å²) in [7, 11) is 3.06. The van der Waals surface area contributed by atoms with Crippen molar-refractivity contribution in [1.82, 2.24) is 9.55 Å². The number of amides is 1. The molecule has 4 aromatic rings. The second kappa shape index (κ2) is 10.6. The van der Waals surface area contributed by atoms with Gasteiger partial charge in [-0.05, 0) is 49.4 Å². The van der Waals surface area contributed by atoms with E-state index in [9.17, 15) is 9.59 Å². The first kappa shape index (κ1) is 24.9. The van der Waals surface area contributed by atoms with Gasteiger partial charge in [0.2, 0.25) is 5.91 Å². The average Bonchev–Trinajstić information content (AvgIpc) is 2.83. The van der Waals surface area contributed by atoms with Crippen LogP contribution in [0.5, 0.6) is 11.5 Å². The number of nitrogens with zero attached hydrogens (tertiary/aromatic N) is 2. The van der Waals surface area contributed by atoms with E-state index in [1.54, 1.807) is 67.6 Å². The minimum atomic E-state index is -0.622. The van der Waals surface area contributed by atoms with Gasteiger partial charge in [0.05, 0.1) is 36.1 Å². The number of carbonyl (C=O) groups excluding carboxylic acids is 1. The Morgan fingerprint density at radius 2 is 1.74 bits per heavy atom. The lowest BCUT2D eigenvalue weighted by atomic mass is 10.2. The molecule has 0 aliphatic heterocycles. The van der Waals surface area contributed by atoms with Gasteiger partial charge in [0, 0.05) is 21.8 Å². The van der Waals surface area contributed by atoms with E-state index in [0.717, 1.165) is 11.8 Å². The summed E-state index contributed by atoms with van der Waals surface area (Å²) in [5, 5.41) is 3.76. The van der Waals surface area contributed by atoms with Gasteiger partial charge in [0.25, 0.3) is 5.56 Å². The molecule has 0 saturated carbocycles. The number of methoxy groups -OCH3 is 2. The van der Waals surface area contributed by atoms with Gasteiger partial charge in [0.1, 0.15) is 11.5 Å². The fourth-order valence-electron chi connectivity index (χ4n) is 3.46. The molecule has 35 heavy (non-hydrogen) atoms. The molecule has 1 N–H and O–H groups in total. The molecule has 0 spiro atoms. The normalized spacial score (nSPS) is 11.8. The topological polar surface area (TPSA) is 82.4 Å². The quantitative estimate of drug-likeness (QED) is 0.239. The highest BCUT2D eigenvalue weighted by atomic mass is 35.5. The zero-order chi connectivity index (χ0) is 25.1. The number of carbonyl (C=O) groups is 1. The van der Waals surface area contributed by atoms with Gasteiger partial charge in [-0.25, -0.2) is 4.98 Å². The number of rotatable bonds is 7. The van der Waals surface area contributed by atoms with Crippen molar-refractivity contribution in [3.05, 3.63) is 81.1 Å². The molecule has 180 valence electrons. The van der Waals surface area contributed by atoms with E-state index >= 15 is 0 Å². The predicted octanol–water partition coefficient (Wildman–Crippen LogP) is 5.83. The number of thioether (sulfide) groups is 1. The minimum Gasteiger partial charge on any atom is -0.497 e.